The Morgan fingerprint density at radius 3 is 3.00 bits per heavy atom. The van der Waals surface area contributed by atoms with Gasteiger partial charge in [0.2, 0.25) is 0 Å². The van der Waals surface area contributed by atoms with Crippen LogP contribution in [-0.4, -0.2) is 11.5 Å². The Kier molecular flexibility index (Phi) is 2.26. The molecule has 1 heterocycles. The van der Waals surface area contributed by atoms with Crippen LogP contribution in [0, 0.1) is 11.8 Å². The summed E-state index contributed by atoms with van der Waals surface area (Å²) in [5, 5.41) is 0.543. The second kappa shape index (κ2) is 3.20. The minimum atomic E-state index is 0.373. The Bertz CT molecular complexity index is 268. The van der Waals surface area contributed by atoms with Gasteiger partial charge >= 0.3 is 0 Å². The van der Waals surface area contributed by atoms with Crippen LogP contribution in [0.3, 0.4) is 0 Å². The van der Waals surface area contributed by atoms with E-state index >= 15 is 0 Å². The minimum Gasteiger partial charge on any atom is -0.375 e. The fourth-order valence-corrected chi connectivity index (χ4v) is 1.04. The molecule has 1 aromatic rings. The van der Waals surface area contributed by atoms with E-state index in [1.54, 1.807) is 6.20 Å². The third-order valence-electron chi connectivity index (χ3n) is 0.837. The van der Waals surface area contributed by atoms with Crippen LogP contribution in [0.2, 0.25) is 0 Å². The molecule has 0 aromatic carbocycles. The maximum atomic E-state index is 5.36. The highest BCUT2D eigenvalue weighted by Crippen LogP contribution is 2.11. The first kappa shape index (κ1) is 7.06. The molecule has 0 aliphatic carbocycles. The molecule has 0 aliphatic rings. The van der Waals surface area contributed by atoms with Gasteiger partial charge in [-0.15, -0.1) is 0 Å². The van der Waals surface area contributed by atoms with Gasteiger partial charge in [0, 0.05) is 0 Å². The molecule has 0 fully saturated rings. The lowest BCUT2D eigenvalue weighted by molar-refractivity contribution is 1.30. The number of hydrogen-bond acceptors (Lipinski definition) is 4. The largest absolute Gasteiger partial charge is 0.375 e. The highest BCUT2D eigenvalue weighted by Gasteiger charge is 1.91. The van der Waals surface area contributed by atoms with Gasteiger partial charge in [-0.1, -0.05) is 23.2 Å². The van der Waals surface area contributed by atoms with E-state index in [4.69, 9.17) is 11.5 Å². The molecule has 52 valence electrons. The quantitative estimate of drug-likeness (QED) is 0.517. The van der Waals surface area contributed by atoms with Crippen LogP contribution >= 0.6 is 11.3 Å². The molecule has 10 heavy (non-hydrogen) atoms. The lowest BCUT2D eigenvalue weighted by Crippen LogP contribution is -1.92. The average Bonchev–Trinajstić information content (AvgIpc) is 2.31. The van der Waals surface area contributed by atoms with Gasteiger partial charge in [0.15, 0.2) is 5.13 Å². The molecule has 0 spiro atoms. The zero-order valence-electron chi connectivity index (χ0n) is 5.29. The lowest BCUT2D eigenvalue weighted by atomic mass is 10.5. The molecule has 1 aromatic heterocycles. The van der Waals surface area contributed by atoms with E-state index in [1.165, 1.54) is 11.3 Å². The van der Waals surface area contributed by atoms with Gasteiger partial charge in [0.25, 0.3) is 0 Å². The van der Waals surface area contributed by atoms with E-state index in [9.17, 15) is 0 Å². The average molecular weight is 153 g/mol. The summed E-state index contributed by atoms with van der Waals surface area (Å²) in [5.41, 5.74) is 10.5. The maximum Gasteiger partial charge on any atom is 0.181 e. The number of thiazole rings is 1. The lowest BCUT2D eigenvalue weighted by Gasteiger charge is -1.73. The van der Waals surface area contributed by atoms with Crippen molar-refractivity contribution in [2.24, 2.45) is 5.73 Å². The molecule has 0 aliphatic heterocycles. The third kappa shape index (κ3) is 1.72. The Labute approximate surface area is 63.1 Å². The summed E-state index contributed by atoms with van der Waals surface area (Å²) in [7, 11) is 0. The van der Waals surface area contributed by atoms with Crippen molar-refractivity contribution in [1.82, 2.24) is 4.98 Å². The number of hydrogen-bond donors (Lipinski definition) is 2. The fourth-order valence-electron chi connectivity index (χ4n) is 0.484. The minimum absolute atomic E-state index is 0.373. The van der Waals surface area contributed by atoms with Gasteiger partial charge in [-0.3, -0.25) is 0 Å². The van der Waals surface area contributed by atoms with Gasteiger partial charge in [-0.05, 0) is 0 Å². The summed E-state index contributed by atoms with van der Waals surface area (Å²) >= 11 is 1.37. The zero-order valence-corrected chi connectivity index (χ0v) is 6.11. The number of aromatic nitrogens is 1. The number of anilines is 1. The molecule has 3 nitrogen and oxygen atoms in total. The van der Waals surface area contributed by atoms with Crippen molar-refractivity contribution in [3.8, 4) is 11.8 Å². The van der Waals surface area contributed by atoms with Gasteiger partial charge in [-0.2, -0.15) is 0 Å². The van der Waals surface area contributed by atoms with Gasteiger partial charge in [0.1, 0.15) is 0 Å². The fraction of sp³-hybridized carbons (Fsp3) is 0.167. The summed E-state index contributed by atoms with van der Waals surface area (Å²) in [6.07, 6.45) is 1.64. The van der Waals surface area contributed by atoms with Crippen molar-refractivity contribution < 1.29 is 0 Å². The second-order valence-corrected chi connectivity index (χ2v) is 2.63. The molecule has 0 atom stereocenters. The van der Waals surface area contributed by atoms with Crippen LogP contribution in [0.4, 0.5) is 5.13 Å². The van der Waals surface area contributed by atoms with E-state index < -0.39 is 0 Å². The Balaban J connectivity index is 2.76. The van der Waals surface area contributed by atoms with Crippen molar-refractivity contribution in [2.75, 3.05) is 12.3 Å². The molecule has 0 amide bonds. The number of nitrogens with zero attached hydrogens (tertiary/aromatic N) is 1. The van der Waals surface area contributed by atoms with Crippen molar-refractivity contribution in [3.05, 3.63) is 11.1 Å². The molecule has 1 rings (SSSR count). The van der Waals surface area contributed by atoms with E-state index in [1.807, 2.05) is 0 Å². The predicted octanol–water partition coefficient (Wildman–Crippen LogP) is 0.0355. The zero-order chi connectivity index (χ0) is 7.40. The standard InChI is InChI=1S/C6H7N3S/c7-3-1-2-5-4-9-6(8)10-5/h4H,3,7H2,(H2,8,9). The summed E-state index contributed by atoms with van der Waals surface area (Å²) in [4.78, 5) is 4.69. The molecule has 0 radical (unpaired) electrons. The molecule has 0 saturated heterocycles. The topological polar surface area (TPSA) is 64.9 Å². The van der Waals surface area contributed by atoms with Crippen LogP contribution in [0.1, 0.15) is 4.88 Å². The number of nitrogen functional groups attached to an aromatic ring is 1. The normalized spacial score (nSPS) is 8.50. The molecule has 0 saturated carbocycles. The van der Waals surface area contributed by atoms with Gasteiger partial charge in [-0.25, -0.2) is 4.98 Å². The summed E-state index contributed by atoms with van der Waals surface area (Å²) < 4.78 is 0. The smallest absolute Gasteiger partial charge is 0.181 e. The maximum absolute atomic E-state index is 5.36. The van der Waals surface area contributed by atoms with Crippen LogP contribution in [0.15, 0.2) is 6.20 Å². The van der Waals surface area contributed by atoms with E-state index in [0.717, 1.165) is 4.88 Å². The first-order chi connectivity index (χ1) is 4.83. The van der Waals surface area contributed by atoms with Crippen LogP contribution in [0.25, 0.3) is 0 Å². The molecular formula is C6H7N3S. The van der Waals surface area contributed by atoms with Crippen molar-refractivity contribution >= 4 is 16.5 Å². The molecule has 0 unspecified atom stereocenters. The highest BCUT2D eigenvalue weighted by molar-refractivity contribution is 7.15. The number of nitrogens with two attached hydrogens (primary N) is 2. The van der Waals surface area contributed by atoms with Crippen LogP contribution in [-0.2, 0) is 0 Å². The van der Waals surface area contributed by atoms with Crippen molar-refractivity contribution in [2.45, 2.75) is 0 Å². The first-order valence-electron chi connectivity index (χ1n) is 2.73. The molecule has 0 bridgehead atoms. The summed E-state index contributed by atoms with van der Waals surface area (Å²) in [6.45, 7) is 0.373. The van der Waals surface area contributed by atoms with E-state index in [0.29, 0.717) is 11.7 Å². The van der Waals surface area contributed by atoms with E-state index in [-0.39, 0.29) is 0 Å². The van der Waals surface area contributed by atoms with Crippen molar-refractivity contribution in [3.63, 3.8) is 0 Å². The second-order valence-electron chi connectivity index (χ2n) is 1.57. The third-order valence-corrected chi connectivity index (χ3v) is 1.58. The monoisotopic (exact) mass is 153 g/mol. The Hall–Kier alpha value is -1.05. The Morgan fingerprint density at radius 2 is 2.50 bits per heavy atom. The SMILES string of the molecule is NCC#Cc1cnc(N)s1. The molecule has 4 heteroatoms. The van der Waals surface area contributed by atoms with E-state index in [2.05, 4.69) is 16.8 Å². The summed E-state index contributed by atoms with van der Waals surface area (Å²) in [6, 6.07) is 0. The first-order valence-corrected chi connectivity index (χ1v) is 3.55. The Morgan fingerprint density at radius 1 is 1.70 bits per heavy atom. The predicted molar refractivity (Wildman–Crippen MR) is 42.5 cm³/mol. The van der Waals surface area contributed by atoms with Gasteiger partial charge < -0.3 is 11.5 Å². The van der Waals surface area contributed by atoms with Crippen LogP contribution in [0.5, 0.6) is 0 Å². The highest BCUT2D eigenvalue weighted by atomic mass is 32.1. The van der Waals surface area contributed by atoms with Gasteiger partial charge in [0.05, 0.1) is 17.6 Å². The summed E-state index contributed by atoms with van der Waals surface area (Å²) in [5.74, 6) is 5.54. The molecule has 4 N–H and O–H groups in total. The molecular weight excluding hydrogens is 146 g/mol. The number of rotatable bonds is 0. The van der Waals surface area contributed by atoms with Crippen molar-refractivity contribution in [1.29, 1.82) is 0 Å². The van der Waals surface area contributed by atoms with Crippen LogP contribution < -0.4 is 11.5 Å².